The normalized spacial score (nSPS) is 14.3. The molecule has 1 aliphatic rings. The second-order valence-electron chi connectivity index (χ2n) is 7.51. The first-order valence-electron chi connectivity index (χ1n) is 10.4. The zero-order valence-corrected chi connectivity index (χ0v) is 17.3. The Morgan fingerprint density at radius 1 is 1.29 bits per heavy atom. The van der Waals surface area contributed by atoms with E-state index in [9.17, 15) is 14.4 Å². The molecular weight excluding hydrogens is 395 g/mol. The highest BCUT2D eigenvalue weighted by Crippen LogP contribution is 2.34. The van der Waals surface area contributed by atoms with Crippen molar-refractivity contribution in [1.29, 1.82) is 5.26 Å². The molecule has 2 aromatic carbocycles. The van der Waals surface area contributed by atoms with Crippen LogP contribution in [0.2, 0.25) is 0 Å². The van der Waals surface area contributed by atoms with E-state index in [1.54, 1.807) is 18.3 Å². The summed E-state index contributed by atoms with van der Waals surface area (Å²) in [7, 11) is 0. The van der Waals surface area contributed by atoms with E-state index in [0.717, 1.165) is 22.3 Å². The lowest BCUT2D eigenvalue weighted by Gasteiger charge is -2.34. The maximum atomic E-state index is 13.4. The van der Waals surface area contributed by atoms with Crippen LogP contribution in [-0.2, 0) is 4.79 Å². The molecular formula is C24H23FN4O2. The van der Waals surface area contributed by atoms with Gasteiger partial charge in [-0.2, -0.15) is 5.26 Å². The SMILES string of the molecule is CCOc1ccc2ncc(C#N)c(N3CCC(C(=O)Nc4cccc(F)c4)CC3)c2c1. The van der Waals surface area contributed by atoms with Gasteiger partial charge in [0.05, 0.1) is 23.4 Å². The second kappa shape index (κ2) is 9.00. The number of halogens is 1. The molecule has 0 spiro atoms. The number of pyridine rings is 1. The molecule has 4 rings (SSSR count). The van der Waals surface area contributed by atoms with Gasteiger partial charge >= 0.3 is 0 Å². The smallest absolute Gasteiger partial charge is 0.227 e. The van der Waals surface area contributed by atoms with E-state index in [0.29, 0.717) is 43.8 Å². The Labute approximate surface area is 180 Å². The number of benzene rings is 2. The summed E-state index contributed by atoms with van der Waals surface area (Å²) in [6, 6.07) is 13.8. The Bertz CT molecular complexity index is 1150. The number of nitriles is 1. The standard InChI is InChI=1S/C24H23FN4O2/c1-2-31-20-6-7-22-21(13-20)23(17(14-26)15-27-22)29-10-8-16(9-11-29)24(30)28-19-5-3-4-18(25)12-19/h3-7,12-13,15-16H,2,8-11H2,1H3,(H,28,30). The van der Waals surface area contributed by atoms with Crippen molar-refractivity contribution in [3.05, 3.63) is 60.0 Å². The molecule has 0 atom stereocenters. The number of hydrogen-bond donors (Lipinski definition) is 1. The van der Waals surface area contributed by atoms with Crippen LogP contribution >= 0.6 is 0 Å². The van der Waals surface area contributed by atoms with E-state index in [2.05, 4.69) is 21.3 Å². The van der Waals surface area contributed by atoms with Crippen LogP contribution in [-0.4, -0.2) is 30.6 Å². The molecule has 1 aliphatic heterocycles. The third kappa shape index (κ3) is 4.43. The van der Waals surface area contributed by atoms with Gasteiger partial charge in [0.2, 0.25) is 5.91 Å². The van der Waals surface area contributed by atoms with Crippen molar-refractivity contribution in [2.24, 2.45) is 5.92 Å². The molecule has 0 radical (unpaired) electrons. The highest BCUT2D eigenvalue weighted by Gasteiger charge is 2.27. The van der Waals surface area contributed by atoms with Crippen LogP contribution in [0.1, 0.15) is 25.3 Å². The molecule has 0 bridgehead atoms. The van der Waals surface area contributed by atoms with Crippen LogP contribution in [0, 0.1) is 23.1 Å². The fourth-order valence-corrected chi connectivity index (χ4v) is 4.01. The first-order valence-corrected chi connectivity index (χ1v) is 10.4. The van der Waals surface area contributed by atoms with Gasteiger partial charge in [-0.25, -0.2) is 4.39 Å². The molecule has 7 heteroatoms. The number of ether oxygens (including phenoxy) is 1. The van der Waals surface area contributed by atoms with Crippen molar-refractivity contribution < 1.29 is 13.9 Å². The van der Waals surface area contributed by atoms with E-state index in [4.69, 9.17) is 4.74 Å². The lowest BCUT2D eigenvalue weighted by molar-refractivity contribution is -0.120. The molecule has 158 valence electrons. The summed E-state index contributed by atoms with van der Waals surface area (Å²) in [4.78, 5) is 19.2. The molecule has 1 fully saturated rings. The molecule has 3 aromatic rings. The highest BCUT2D eigenvalue weighted by atomic mass is 19.1. The number of anilines is 2. The summed E-state index contributed by atoms with van der Waals surface area (Å²) in [6.45, 7) is 3.74. The molecule has 2 heterocycles. The van der Waals surface area contributed by atoms with Crippen molar-refractivity contribution >= 4 is 28.2 Å². The number of nitrogens with zero attached hydrogens (tertiary/aromatic N) is 3. The molecule has 1 saturated heterocycles. The van der Waals surface area contributed by atoms with Gasteiger partial charge in [-0.3, -0.25) is 9.78 Å². The van der Waals surface area contributed by atoms with E-state index in [1.165, 1.54) is 12.1 Å². The largest absolute Gasteiger partial charge is 0.494 e. The lowest BCUT2D eigenvalue weighted by atomic mass is 9.94. The van der Waals surface area contributed by atoms with Crippen molar-refractivity contribution in [2.45, 2.75) is 19.8 Å². The van der Waals surface area contributed by atoms with Gasteiger partial charge in [0, 0.05) is 36.3 Å². The number of carbonyl (C=O) groups is 1. The Kier molecular flexibility index (Phi) is 5.99. The van der Waals surface area contributed by atoms with Crippen LogP contribution in [0.3, 0.4) is 0 Å². The highest BCUT2D eigenvalue weighted by molar-refractivity contribution is 5.96. The van der Waals surface area contributed by atoms with Gasteiger partial charge in [-0.05, 0) is 56.2 Å². The molecule has 6 nitrogen and oxygen atoms in total. The minimum atomic E-state index is -0.382. The Morgan fingerprint density at radius 3 is 2.81 bits per heavy atom. The number of rotatable bonds is 5. The molecule has 0 unspecified atom stereocenters. The van der Waals surface area contributed by atoms with Gasteiger partial charge in [-0.1, -0.05) is 6.07 Å². The minimum Gasteiger partial charge on any atom is -0.494 e. The molecule has 1 aromatic heterocycles. The van der Waals surface area contributed by atoms with Crippen molar-refractivity contribution in [3.8, 4) is 11.8 Å². The molecule has 0 aliphatic carbocycles. The van der Waals surface area contributed by atoms with E-state index >= 15 is 0 Å². The van der Waals surface area contributed by atoms with Crippen LogP contribution < -0.4 is 15.0 Å². The van der Waals surface area contributed by atoms with Crippen LogP contribution in [0.5, 0.6) is 5.75 Å². The molecule has 1 N–H and O–H groups in total. The molecule has 31 heavy (non-hydrogen) atoms. The number of fused-ring (bicyclic) bond motifs is 1. The van der Waals surface area contributed by atoms with Gasteiger partial charge in [0.25, 0.3) is 0 Å². The van der Waals surface area contributed by atoms with Crippen molar-refractivity contribution in [3.63, 3.8) is 0 Å². The van der Waals surface area contributed by atoms with Crippen molar-refractivity contribution in [2.75, 3.05) is 29.9 Å². The Balaban J connectivity index is 1.53. The van der Waals surface area contributed by atoms with Gasteiger partial charge in [-0.15, -0.1) is 0 Å². The van der Waals surface area contributed by atoms with Crippen LogP contribution in [0.25, 0.3) is 10.9 Å². The van der Waals surface area contributed by atoms with E-state index in [-0.39, 0.29) is 17.6 Å². The number of amides is 1. The maximum absolute atomic E-state index is 13.4. The summed E-state index contributed by atoms with van der Waals surface area (Å²) < 4.78 is 19.0. The number of aromatic nitrogens is 1. The average Bonchev–Trinajstić information content (AvgIpc) is 2.78. The summed E-state index contributed by atoms with van der Waals surface area (Å²) >= 11 is 0. The van der Waals surface area contributed by atoms with Gasteiger partial charge in [0.1, 0.15) is 17.6 Å². The summed E-state index contributed by atoms with van der Waals surface area (Å²) in [5.41, 5.74) is 2.59. The number of hydrogen-bond acceptors (Lipinski definition) is 5. The summed E-state index contributed by atoms with van der Waals surface area (Å²) in [6.07, 6.45) is 2.88. The third-order valence-electron chi connectivity index (χ3n) is 5.52. The predicted octanol–water partition coefficient (Wildman–Crippen LogP) is 4.50. The first-order chi connectivity index (χ1) is 15.1. The van der Waals surface area contributed by atoms with Crippen LogP contribution in [0.4, 0.5) is 15.8 Å². The van der Waals surface area contributed by atoms with Gasteiger partial charge in [0.15, 0.2) is 0 Å². The Hall–Kier alpha value is -3.66. The fourth-order valence-electron chi connectivity index (χ4n) is 4.01. The van der Waals surface area contributed by atoms with E-state index < -0.39 is 0 Å². The van der Waals surface area contributed by atoms with E-state index in [1.807, 2.05) is 25.1 Å². The van der Waals surface area contributed by atoms with Crippen LogP contribution in [0.15, 0.2) is 48.7 Å². The third-order valence-corrected chi connectivity index (χ3v) is 5.52. The minimum absolute atomic E-state index is 0.107. The maximum Gasteiger partial charge on any atom is 0.227 e. The Morgan fingerprint density at radius 2 is 2.10 bits per heavy atom. The lowest BCUT2D eigenvalue weighted by Crippen LogP contribution is -2.38. The number of nitrogens with one attached hydrogen (secondary N) is 1. The average molecular weight is 418 g/mol. The first kappa shape index (κ1) is 20.6. The summed E-state index contributed by atoms with van der Waals surface area (Å²) in [5, 5.41) is 13.3. The van der Waals surface area contributed by atoms with Crippen molar-refractivity contribution in [1.82, 2.24) is 4.98 Å². The number of carbonyl (C=O) groups excluding carboxylic acids is 1. The topological polar surface area (TPSA) is 78.2 Å². The molecule has 1 amide bonds. The zero-order valence-electron chi connectivity index (χ0n) is 17.3. The predicted molar refractivity (Wildman–Crippen MR) is 118 cm³/mol. The quantitative estimate of drug-likeness (QED) is 0.660. The zero-order chi connectivity index (χ0) is 21.8. The fraction of sp³-hybridized carbons (Fsp3) is 0.292. The van der Waals surface area contributed by atoms with Gasteiger partial charge < -0.3 is 15.0 Å². The second-order valence-corrected chi connectivity index (χ2v) is 7.51. The molecule has 0 saturated carbocycles. The number of piperidine rings is 1. The summed E-state index contributed by atoms with van der Waals surface area (Å²) in [5.74, 6) is 0.0752. The monoisotopic (exact) mass is 418 g/mol.